The molecule has 2 unspecified atom stereocenters. The molecule has 0 aromatic rings. The smallest absolute Gasteiger partial charge is 0.0841 e. The second kappa shape index (κ2) is 5.03. The summed E-state index contributed by atoms with van der Waals surface area (Å²) in [4.78, 5) is 0. The van der Waals surface area contributed by atoms with Crippen LogP contribution < -0.4 is 0 Å². The van der Waals surface area contributed by atoms with E-state index in [4.69, 9.17) is 14.2 Å². The summed E-state index contributed by atoms with van der Waals surface area (Å²) in [5.74, 6) is 0. The predicted molar refractivity (Wildman–Crippen MR) is 64.7 cm³/mol. The van der Waals surface area contributed by atoms with Crippen LogP contribution in [0.4, 0.5) is 0 Å². The van der Waals surface area contributed by atoms with Crippen molar-refractivity contribution >= 4 is 0 Å². The molecule has 1 saturated heterocycles. The lowest BCUT2D eigenvalue weighted by molar-refractivity contribution is -0.0644. The van der Waals surface area contributed by atoms with Gasteiger partial charge in [0.05, 0.1) is 36.6 Å². The van der Waals surface area contributed by atoms with Crippen LogP contribution >= 0.6 is 0 Å². The monoisotopic (exact) mass is 230 g/mol. The van der Waals surface area contributed by atoms with Gasteiger partial charge in [-0.2, -0.15) is 0 Å². The molecule has 2 atom stereocenters. The first-order valence-corrected chi connectivity index (χ1v) is 6.09. The van der Waals surface area contributed by atoms with E-state index >= 15 is 0 Å². The van der Waals surface area contributed by atoms with Crippen molar-refractivity contribution in [3.05, 3.63) is 0 Å². The largest absolute Gasteiger partial charge is 0.373 e. The Balaban J connectivity index is 2.25. The lowest BCUT2D eigenvalue weighted by Crippen LogP contribution is -2.28. The molecule has 1 rings (SSSR count). The first-order chi connectivity index (χ1) is 7.16. The van der Waals surface area contributed by atoms with Crippen molar-refractivity contribution in [3.8, 4) is 0 Å². The van der Waals surface area contributed by atoms with Crippen LogP contribution in [0.2, 0.25) is 0 Å². The highest BCUT2D eigenvalue weighted by Gasteiger charge is 2.30. The molecular weight excluding hydrogens is 204 g/mol. The van der Waals surface area contributed by atoms with Gasteiger partial charge in [-0.3, -0.25) is 0 Å². The van der Waals surface area contributed by atoms with Crippen LogP contribution in [0.5, 0.6) is 0 Å². The van der Waals surface area contributed by atoms with Gasteiger partial charge in [0.25, 0.3) is 0 Å². The Morgan fingerprint density at radius 3 is 2.19 bits per heavy atom. The Morgan fingerprint density at radius 1 is 1.06 bits per heavy atom. The zero-order valence-corrected chi connectivity index (χ0v) is 11.5. The summed E-state index contributed by atoms with van der Waals surface area (Å²) in [6.45, 7) is 13.8. The summed E-state index contributed by atoms with van der Waals surface area (Å²) >= 11 is 0. The summed E-state index contributed by atoms with van der Waals surface area (Å²) in [5.41, 5.74) is -0.180. The lowest BCUT2D eigenvalue weighted by Gasteiger charge is -2.24. The van der Waals surface area contributed by atoms with Crippen molar-refractivity contribution < 1.29 is 14.2 Å². The zero-order chi connectivity index (χ0) is 12.4. The first-order valence-electron chi connectivity index (χ1n) is 6.09. The predicted octanol–water partition coefficient (Wildman–Crippen LogP) is 2.77. The molecule has 0 aliphatic carbocycles. The molecule has 0 radical (unpaired) electrons. The number of ether oxygens (including phenoxy) is 3. The Morgan fingerprint density at radius 2 is 1.69 bits per heavy atom. The van der Waals surface area contributed by atoms with Crippen LogP contribution in [0.1, 0.15) is 48.0 Å². The highest BCUT2D eigenvalue weighted by Crippen LogP contribution is 2.22. The molecule has 16 heavy (non-hydrogen) atoms. The van der Waals surface area contributed by atoms with E-state index < -0.39 is 0 Å². The molecule has 0 aromatic heterocycles. The topological polar surface area (TPSA) is 27.7 Å². The van der Waals surface area contributed by atoms with Crippen molar-refractivity contribution in [2.75, 3.05) is 13.2 Å². The first kappa shape index (κ1) is 13.9. The summed E-state index contributed by atoms with van der Waals surface area (Å²) in [7, 11) is 0. The van der Waals surface area contributed by atoms with Crippen LogP contribution in [0, 0.1) is 0 Å². The molecule has 0 N–H and O–H groups in total. The highest BCUT2D eigenvalue weighted by atomic mass is 16.6. The minimum Gasteiger partial charge on any atom is -0.373 e. The molecular formula is C13H26O3. The van der Waals surface area contributed by atoms with E-state index in [-0.39, 0.29) is 23.4 Å². The molecule has 0 aromatic carbocycles. The van der Waals surface area contributed by atoms with Gasteiger partial charge in [-0.1, -0.05) is 0 Å². The van der Waals surface area contributed by atoms with E-state index in [2.05, 4.69) is 41.5 Å². The fraction of sp³-hybridized carbons (Fsp3) is 1.00. The van der Waals surface area contributed by atoms with Gasteiger partial charge in [0.15, 0.2) is 0 Å². The van der Waals surface area contributed by atoms with Crippen LogP contribution in [-0.4, -0.2) is 36.6 Å². The standard InChI is InChI=1S/C13H26O3/c1-12(2,3)15-9-10-7-11(8-14-10)16-13(4,5)6/h10-11H,7-9H2,1-6H3. The average molecular weight is 230 g/mol. The van der Waals surface area contributed by atoms with Crippen LogP contribution in [0.15, 0.2) is 0 Å². The Bertz CT molecular complexity index is 212. The molecule has 0 spiro atoms. The van der Waals surface area contributed by atoms with Gasteiger partial charge in [-0.15, -0.1) is 0 Å². The van der Waals surface area contributed by atoms with Gasteiger partial charge in [0, 0.05) is 6.42 Å². The summed E-state index contributed by atoms with van der Waals surface area (Å²) < 4.78 is 17.2. The highest BCUT2D eigenvalue weighted by molar-refractivity contribution is 4.77. The van der Waals surface area contributed by atoms with Gasteiger partial charge >= 0.3 is 0 Å². The maximum Gasteiger partial charge on any atom is 0.0841 e. The number of rotatable bonds is 3. The Kier molecular flexibility index (Phi) is 4.38. The lowest BCUT2D eigenvalue weighted by atomic mass is 10.1. The summed E-state index contributed by atoms with van der Waals surface area (Å²) in [6, 6.07) is 0. The summed E-state index contributed by atoms with van der Waals surface area (Å²) in [5, 5.41) is 0. The van der Waals surface area contributed by atoms with E-state index in [9.17, 15) is 0 Å². The molecule has 0 amide bonds. The van der Waals surface area contributed by atoms with Gasteiger partial charge in [-0.05, 0) is 41.5 Å². The fourth-order valence-corrected chi connectivity index (χ4v) is 1.71. The van der Waals surface area contributed by atoms with E-state index in [0.29, 0.717) is 13.2 Å². The second-order valence-electron chi connectivity index (χ2n) is 6.47. The summed E-state index contributed by atoms with van der Waals surface area (Å²) in [6.07, 6.45) is 1.34. The van der Waals surface area contributed by atoms with Gasteiger partial charge in [0.1, 0.15) is 0 Å². The molecule has 3 heteroatoms. The van der Waals surface area contributed by atoms with E-state index in [1.54, 1.807) is 0 Å². The van der Waals surface area contributed by atoms with E-state index in [1.165, 1.54) is 0 Å². The van der Waals surface area contributed by atoms with E-state index in [1.807, 2.05) is 0 Å². The number of hydrogen-bond acceptors (Lipinski definition) is 3. The maximum atomic E-state index is 5.88. The molecule has 0 bridgehead atoms. The van der Waals surface area contributed by atoms with Crippen molar-refractivity contribution in [3.63, 3.8) is 0 Å². The third-order valence-corrected chi connectivity index (χ3v) is 2.27. The van der Waals surface area contributed by atoms with E-state index in [0.717, 1.165) is 6.42 Å². The minimum atomic E-state index is -0.0909. The van der Waals surface area contributed by atoms with Crippen molar-refractivity contribution in [2.24, 2.45) is 0 Å². The fourth-order valence-electron chi connectivity index (χ4n) is 1.71. The van der Waals surface area contributed by atoms with Gasteiger partial charge in [0.2, 0.25) is 0 Å². The minimum absolute atomic E-state index is 0.0895. The van der Waals surface area contributed by atoms with Crippen molar-refractivity contribution in [1.82, 2.24) is 0 Å². The van der Waals surface area contributed by atoms with Crippen LogP contribution in [0.3, 0.4) is 0 Å². The molecule has 1 fully saturated rings. The second-order valence-corrected chi connectivity index (χ2v) is 6.47. The quantitative estimate of drug-likeness (QED) is 0.746. The zero-order valence-electron chi connectivity index (χ0n) is 11.5. The molecule has 1 heterocycles. The third-order valence-electron chi connectivity index (χ3n) is 2.27. The molecule has 96 valence electrons. The SMILES string of the molecule is CC(C)(C)OCC1CC(OC(C)(C)C)CO1. The van der Waals surface area contributed by atoms with Gasteiger partial charge in [-0.25, -0.2) is 0 Å². The van der Waals surface area contributed by atoms with Crippen molar-refractivity contribution in [1.29, 1.82) is 0 Å². The maximum absolute atomic E-state index is 5.88. The van der Waals surface area contributed by atoms with Crippen LogP contribution in [-0.2, 0) is 14.2 Å². The normalized spacial score (nSPS) is 27.4. The Hall–Kier alpha value is -0.120. The number of hydrogen-bond donors (Lipinski definition) is 0. The molecule has 0 saturated carbocycles. The van der Waals surface area contributed by atoms with Crippen LogP contribution in [0.25, 0.3) is 0 Å². The Labute approximate surface area is 99.5 Å². The molecule has 1 aliphatic rings. The third kappa shape index (κ3) is 5.83. The molecule has 3 nitrogen and oxygen atoms in total. The molecule has 1 aliphatic heterocycles. The average Bonchev–Trinajstić information content (AvgIpc) is 2.44. The van der Waals surface area contributed by atoms with Gasteiger partial charge < -0.3 is 14.2 Å². The van der Waals surface area contributed by atoms with Crippen molar-refractivity contribution in [2.45, 2.75) is 71.4 Å².